The van der Waals surface area contributed by atoms with Crippen molar-refractivity contribution in [1.82, 2.24) is 4.57 Å². The maximum absolute atomic E-state index is 10.5. The Kier molecular flexibility index (Phi) is 5.16. The van der Waals surface area contributed by atoms with Gasteiger partial charge in [-0.15, -0.1) is 0 Å². The Morgan fingerprint density at radius 3 is 2.76 bits per heavy atom. The lowest BCUT2D eigenvalue weighted by molar-refractivity contribution is -0.142. The molecule has 0 bridgehead atoms. The Morgan fingerprint density at radius 2 is 1.93 bits per heavy atom. The summed E-state index contributed by atoms with van der Waals surface area (Å²) >= 11 is 0. The van der Waals surface area contributed by atoms with Crippen molar-refractivity contribution in [2.45, 2.75) is 6.61 Å². The van der Waals surface area contributed by atoms with Gasteiger partial charge in [-0.25, -0.2) is 4.79 Å². The Morgan fingerprint density at radius 1 is 1.10 bits per heavy atom. The van der Waals surface area contributed by atoms with Gasteiger partial charge in [0.05, 0.1) is 6.21 Å². The summed E-state index contributed by atoms with van der Waals surface area (Å²) in [6.07, 6.45) is 3.42. The largest absolute Gasteiger partial charge is 0.489 e. The minimum Gasteiger partial charge on any atom is -0.489 e. The first-order valence-electron chi connectivity index (χ1n) is 9.17. The molecule has 0 atom stereocenters. The van der Waals surface area contributed by atoms with Crippen molar-refractivity contribution in [2.75, 3.05) is 6.61 Å². The highest BCUT2D eigenvalue weighted by Crippen LogP contribution is 2.26. The molecule has 6 nitrogen and oxygen atoms in total. The van der Waals surface area contributed by atoms with E-state index < -0.39 is 12.6 Å². The maximum atomic E-state index is 10.5. The first-order valence-corrected chi connectivity index (χ1v) is 9.17. The van der Waals surface area contributed by atoms with Crippen LogP contribution in [0.25, 0.3) is 21.7 Å². The summed E-state index contributed by atoms with van der Waals surface area (Å²) in [5, 5.41) is 15.7. The zero-order valence-corrected chi connectivity index (χ0v) is 15.9. The molecule has 0 saturated heterocycles. The number of carboxylic acids is 1. The number of carboxylic acid groups (broad SMARTS) is 1. The molecule has 4 aromatic rings. The van der Waals surface area contributed by atoms with Gasteiger partial charge in [0.15, 0.2) is 0 Å². The lowest BCUT2D eigenvalue weighted by Gasteiger charge is -2.08. The topological polar surface area (TPSA) is 73.1 Å². The average Bonchev–Trinajstić information content (AvgIpc) is 3.04. The second-order valence-corrected chi connectivity index (χ2v) is 6.75. The van der Waals surface area contributed by atoms with E-state index in [0.717, 1.165) is 27.8 Å². The van der Waals surface area contributed by atoms with Crippen LogP contribution >= 0.6 is 0 Å². The molecule has 0 spiro atoms. The molecule has 0 aliphatic rings. The number of aliphatic carboxylic acids is 1. The third-order valence-electron chi connectivity index (χ3n) is 4.67. The summed E-state index contributed by atoms with van der Waals surface area (Å²) in [6, 6.07) is 20.4. The van der Waals surface area contributed by atoms with Gasteiger partial charge in [0.25, 0.3) is 0 Å². The van der Waals surface area contributed by atoms with Crippen molar-refractivity contribution in [3.8, 4) is 5.75 Å². The normalized spacial score (nSPS) is 11.3. The SMILES string of the molecule is Cn1cc(/C=N/OCC(=O)O)c2cc(OCc3ccc4ccccc4c3)ccc21. The van der Waals surface area contributed by atoms with Gasteiger partial charge in [0, 0.05) is 29.7 Å². The fraction of sp³-hybridized carbons (Fsp3) is 0.130. The molecule has 1 heterocycles. The Hall–Kier alpha value is -3.80. The molecule has 1 aromatic heterocycles. The standard InChI is InChI=1S/C23H20N2O4/c1-25-13-19(12-24-29-15-23(26)27)21-11-20(8-9-22(21)25)28-14-16-6-7-17-4-2-3-5-18(17)10-16/h2-13H,14-15H2,1H3,(H,26,27)/b24-12+. The van der Waals surface area contributed by atoms with Gasteiger partial charge in [-0.1, -0.05) is 41.6 Å². The van der Waals surface area contributed by atoms with Gasteiger partial charge in [0.2, 0.25) is 6.61 Å². The number of aromatic nitrogens is 1. The van der Waals surface area contributed by atoms with Crippen LogP contribution in [0.1, 0.15) is 11.1 Å². The second kappa shape index (κ2) is 8.06. The number of ether oxygens (including phenoxy) is 1. The predicted molar refractivity (Wildman–Crippen MR) is 112 cm³/mol. The molecule has 0 aliphatic carbocycles. The van der Waals surface area contributed by atoms with Gasteiger partial charge in [0.1, 0.15) is 12.4 Å². The van der Waals surface area contributed by atoms with E-state index in [0.29, 0.717) is 6.61 Å². The van der Waals surface area contributed by atoms with E-state index in [1.807, 2.05) is 48.1 Å². The van der Waals surface area contributed by atoms with Crippen LogP contribution in [0.3, 0.4) is 0 Å². The van der Waals surface area contributed by atoms with E-state index in [-0.39, 0.29) is 0 Å². The Labute approximate surface area is 167 Å². The van der Waals surface area contributed by atoms with Gasteiger partial charge in [-0.3, -0.25) is 0 Å². The van der Waals surface area contributed by atoms with Crippen LogP contribution in [0, 0.1) is 0 Å². The molecule has 6 heteroatoms. The predicted octanol–water partition coefficient (Wildman–Crippen LogP) is 4.35. The van der Waals surface area contributed by atoms with Crippen molar-refractivity contribution in [3.63, 3.8) is 0 Å². The number of aryl methyl sites for hydroxylation is 1. The van der Waals surface area contributed by atoms with E-state index in [2.05, 4.69) is 35.5 Å². The quantitative estimate of drug-likeness (QED) is 0.377. The van der Waals surface area contributed by atoms with E-state index in [9.17, 15) is 4.79 Å². The second-order valence-electron chi connectivity index (χ2n) is 6.75. The first kappa shape index (κ1) is 18.6. The monoisotopic (exact) mass is 388 g/mol. The van der Waals surface area contributed by atoms with Gasteiger partial charge in [-0.2, -0.15) is 0 Å². The van der Waals surface area contributed by atoms with Crippen LogP contribution in [0.5, 0.6) is 5.75 Å². The number of oxime groups is 1. The molecule has 146 valence electrons. The summed E-state index contributed by atoms with van der Waals surface area (Å²) in [5.41, 5.74) is 2.94. The molecule has 0 radical (unpaired) electrons. The van der Waals surface area contributed by atoms with E-state index >= 15 is 0 Å². The summed E-state index contributed by atoms with van der Waals surface area (Å²) < 4.78 is 7.98. The highest BCUT2D eigenvalue weighted by molar-refractivity contribution is 5.99. The lowest BCUT2D eigenvalue weighted by atomic mass is 10.1. The number of hydrogen-bond donors (Lipinski definition) is 1. The maximum Gasteiger partial charge on any atom is 0.344 e. The molecule has 4 rings (SSSR count). The Balaban J connectivity index is 1.52. The molecule has 0 fully saturated rings. The van der Waals surface area contributed by atoms with Crippen molar-refractivity contribution < 1.29 is 19.5 Å². The molecular formula is C23H20N2O4. The van der Waals surface area contributed by atoms with Crippen LogP contribution in [-0.2, 0) is 23.3 Å². The molecule has 0 saturated carbocycles. The number of benzene rings is 3. The number of hydrogen-bond acceptors (Lipinski definition) is 4. The van der Waals surface area contributed by atoms with Gasteiger partial charge >= 0.3 is 5.97 Å². The van der Waals surface area contributed by atoms with Crippen molar-refractivity contribution in [1.29, 1.82) is 0 Å². The number of nitrogens with zero attached hydrogens (tertiary/aromatic N) is 2. The van der Waals surface area contributed by atoms with Crippen LogP contribution in [0.15, 0.2) is 72.0 Å². The van der Waals surface area contributed by atoms with Crippen molar-refractivity contribution >= 4 is 33.9 Å². The van der Waals surface area contributed by atoms with Crippen molar-refractivity contribution in [2.24, 2.45) is 12.2 Å². The molecule has 29 heavy (non-hydrogen) atoms. The van der Waals surface area contributed by atoms with Crippen LogP contribution < -0.4 is 4.74 Å². The van der Waals surface area contributed by atoms with E-state index in [1.54, 1.807) is 0 Å². The molecule has 3 aromatic carbocycles. The number of carbonyl (C=O) groups is 1. The first-order chi connectivity index (χ1) is 14.1. The van der Waals surface area contributed by atoms with E-state index in [4.69, 9.17) is 14.7 Å². The molecule has 0 aliphatic heterocycles. The van der Waals surface area contributed by atoms with Gasteiger partial charge in [-0.05, 0) is 40.6 Å². The molecule has 0 amide bonds. The lowest BCUT2D eigenvalue weighted by Crippen LogP contribution is -2.03. The minimum absolute atomic E-state index is 0.467. The number of rotatable bonds is 7. The molecule has 0 unspecified atom stereocenters. The number of fused-ring (bicyclic) bond motifs is 2. The smallest absolute Gasteiger partial charge is 0.344 e. The summed E-state index contributed by atoms with van der Waals surface area (Å²) in [7, 11) is 1.94. The summed E-state index contributed by atoms with van der Waals surface area (Å²) in [4.78, 5) is 15.3. The van der Waals surface area contributed by atoms with Crippen LogP contribution in [0.2, 0.25) is 0 Å². The third-order valence-corrected chi connectivity index (χ3v) is 4.67. The molecular weight excluding hydrogens is 368 g/mol. The summed E-state index contributed by atoms with van der Waals surface area (Å²) in [6.45, 7) is -0.00426. The van der Waals surface area contributed by atoms with Crippen molar-refractivity contribution in [3.05, 3.63) is 78.0 Å². The zero-order valence-electron chi connectivity index (χ0n) is 15.9. The fourth-order valence-electron chi connectivity index (χ4n) is 3.28. The van der Waals surface area contributed by atoms with Crippen LogP contribution in [-0.4, -0.2) is 28.5 Å². The highest BCUT2D eigenvalue weighted by atomic mass is 16.6. The van der Waals surface area contributed by atoms with Crippen LogP contribution in [0.4, 0.5) is 0 Å². The zero-order chi connectivity index (χ0) is 20.2. The average molecular weight is 388 g/mol. The van der Waals surface area contributed by atoms with Gasteiger partial charge < -0.3 is 19.2 Å². The third kappa shape index (κ3) is 4.21. The highest BCUT2D eigenvalue weighted by Gasteiger charge is 2.07. The Bertz CT molecular complexity index is 1210. The minimum atomic E-state index is -1.07. The molecule has 1 N–H and O–H groups in total. The fourth-order valence-corrected chi connectivity index (χ4v) is 3.28. The summed E-state index contributed by atoms with van der Waals surface area (Å²) in [5.74, 6) is -0.317. The van der Waals surface area contributed by atoms with E-state index in [1.165, 1.54) is 17.0 Å².